The second-order valence-corrected chi connectivity index (χ2v) is 5.29. The lowest BCUT2D eigenvalue weighted by Crippen LogP contribution is -1.97. The summed E-state index contributed by atoms with van der Waals surface area (Å²) in [6.07, 6.45) is 0. The lowest BCUT2D eigenvalue weighted by atomic mass is 10.1. The number of aromatic nitrogens is 1. The number of nitrogens with one attached hydrogen (secondary N) is 1. The number of anilines is 2. The first kappa shape index (κ1) is 15.6. The zero-order valence-corrected chi connectivity index (χ0v) is 13.4. The van der Waals surface area contributed by atoms with E-state index in [1.165, 1.54) is 10.9 Å². The molecule has 3 aromatic rings. The van der Waals surface area contributed by atoms with Crippen LogP contribution < -0.4 is 5.32 Å². The van der Waals surface area contributed by atoms with E-state index in [1.807, 2.05) is 43.3 Å². The molecule has 1 N–H and O–H groups in total. The van der Waals surface area contributed by atoms with Gasteiger partial charge in [-0.1, -0.05) is 35.9 Å². The molecule has 0 aliphatic rings. The molecule has 21 heavy (non-hydrogen) atoms. The van der Waals surface area contributed by atoms with Crippen LogP contribution in [0.5, 0.6) is 0 Å². The highest BCUT2D eigenvalue weighted by atomic mass is 35.5. The van der Waals surface area contributed by atoms with E-state index >= 15 is 0 Å². The normalized spacial score (nSPS) is 10.2. The number of hydrogen-bond acceptors (Lipinski definition) is 2. The first-order chi connectivity index (χ1) is 9.65. The van der Waals surface area contributed by atoms with E-state index in [2.05, 4.69) is 29.4 Å². The smallest absolute Gasteiger partial charge is 0.131 e. The van der Waals surface area contributed by atoms with Crippen LogP contribution in [-0.4, -0.2) is 4.98 Å². The molecule has 0 unspecified atom stereocenters. The Bertz CT molecular complexity index is 785. The SMILES string of the molecule is Cc1c(Cl)cccc1Nc1cc(C)c2ccccc2n1.Cl. The Morgan fingerprint density at radius 1 is 1.00 bits per heavy atom. The van der Waals surface area contributed by atoms with Gasteiger partial charge < -0.3 is 5.32 Å². The standard InChI is InChI=1S/C17H15ClN2.ClH/c1-11-10-17(20-16-8-4-3-6-13(11)16)19-15-9-5-7-14(18)12(15)2;/h3-10H,1-2H3,(H,19,20);1H. The zero-order chi connectivity index (χ0) is 14.1. The van der Waals surface area contributed by atoms with E-state index in [9.17, 15) is 0 Å². The van der Waals surface area contributed by atoms with Crippen LogP contribution >= 0.6 is 24.0 Å². The van der Waals surface area contributed by atoms with Crippen LogP contribution in [0.3, 0.4) is 0 Å². The second kappa shape index (κ2) is 6.33. The summed E-state index contributed by atoms with van der Waals surface area (Å²) in [7, 11) is 0. The Labute approximate surface area is 135 Å². The number of rotatable bonds is 2. The number of para-hydroxylation sites is 1. The minimum Gasteiger partial charge on any atom is -0.340 e. The number of nitrogens with zero attached hydrogens (tertiary/aromatic N) is 1. The topological polar surface area (TPSA) is 24.9 Å². The van der Waals surface area contributed by atoms with Crippen molar-refractivity contribution < 1.29 is 0 Å². The maximum atomic E-state index is 6.15. The molecule has 0 aliphatic carbocycles. The average molecular weight is 319 g/mol. The van der Waals surface area contributed by atoms with Crippen molar-refractivity contribution in [2.24, 2.45) is 0 Å². The Morgan fingerprint density at radius 2 is 1.76 bits per heavy atom. The van der Waals surface area contributed by atoms with Crippen molar-refractivity contribution in [1.82, 2.24) is 4.98 Å². The maximum Gasteiger partial charge on any atom is 0.131 e. The van der Waals surface area contributed by atoms with Gasteiger partial charge in [-0.25, -0.2) is 4.98 Å². The third-order valence-corrected chi connectivity index (χ3v) is 3.86. The molecule has 108 valence electrons. The van der Waals surface area contributed by atoms with Gasteiger partial charge in [-0.05, 0) is 49.2 Å². The zero-order valence-electron chi connectivity index (χ0n) is 11.9. The Morgan fingerprint density at radius 3 is 2.57 bits per heavy atom. The van der Waals surface area contributed by atoms with Gasteiger partial charge in [0.15, 0.2) is 0 Å². The van der Waals surface area contributed by atoms with Crippen molar-refractivity contribution in [1.29, 1.82) is 0 Å². The minimum absolute atomic E-state index is 0. The first-order valence-corrected chi connectivity index (χ1v) is 6.91. The quantitative estimate of drug-likeness (QED) is 0.658. The van der Waals surface area contributed by atoms with Crippen LogP contribution in [0.1, 0.15) is 11.1 Å². The Kier molecular flexibility index (Phi) is 4.71. The van der Waals surface area contributed by atoms with Gasteiger partial charge in [0, 0.05) is 16.1 Å². The van der Waals surface area contributed by atoms with Crippen molar-refractivity contribution in [3.05, 3.63) is 64.7 Å². The highest BCUT2D eigenvalue weighted by molar-refractivity contribution is 6.31. The molecule has 2 aromatic carbocycles. The molecule has 0 aliphatic heterocycles. The third kappa shape index (κ3) is 3.12. The fourth-order valence-electron chi connectivity index (χ4n) is 2.29. The van der Waals surface area contributed by atoms with E-state index < -0.39 is 0 Å². The van der Waals surface area contributed by atoms with E-state index in [4.69, 9.17) is 11.6 Å². The van der Waals surface area contributed by atoms with Crippen LogP contribution in [-0.2, 0) is 0 Å². The molecule has 3 rings (SSSR count). The second-order valence-electron chi connectivity index (χ2n) is 4.88. The van der Waals surface area contributed by atoms with E-state index in [1.54, 1.807) is 0 Å². The summed E-state index contributed by atoms with van der Waals surface area (Å²) in [5.74, 6) is 0.839. The highest BCUT2D eigenvalue weighted by Crippen LogP contribution is 2.27. The lowest BCUT2D eigenvalue weighted by Gasteiger charge is -2.12. The van der Waals surface area contributed by atoms with Crippen LogP contribution in [0, 0.1) is 13.8 Å². The summed E-state index contributed by atoms with van der Waals surface area (Å²) in [6.45, 7) is 4.10. The number of pyridine rings is 1. The largest absolute Gasteiger partial charge is 0.340 e. The molecule has 1 heterocycles. The molecular formula is C17H16Cl2N2. The van der Waals surface area contributed by atoms with Gasteiger partial charge in [-0.3, -0.25) is 0 Å². The van der Waals surface area contributed by atoms with Crippen molar-refractivity contribution in [2.75, 3.05) is 5.32 Å². The van der Waals surface area contributed by atoms with Crippen LogP contribution in [0.15, 0.2) is 48.5 Å². The number of aryl methyl sites for hydroxylation is 1. The van der Waals surface area contributed by atoms with E-state index in [-0.39, 0.29) is 12.4 Å². The molecule has 0 saturated heterocycles. The fourth-order valence-corrected chi connectivity index (χ4v) is 2.47. The number of hydrogen-bond donors (Lipinski definition) is 1. The number of halogens is 2. The molecule has 0 fully saturated rings. The minimum atomic E-state index is 0. The van der Waals surface area contributed by atoms with Gasteiger partial charge in [0.25, 0.3) is 0 Å². The van der Waals surface area contributed by atoms with Crippen LogP contribution in [0.4, 0.5) is 11.5 Å². The van der Waals surface area contributed by atoms with Crippen molar-refractivity contribution >= 4 is 46.4 Å². The third-order valence-electron chi connectivity index (χ3n) is 3.45. The first-order valence-electron chi connectivity index (χ1n) is 6.53. The van der Waals surface area contributed by atoms with Gasteiger partial charge in [-0.2, -0.15) is 0 Å². The summed E-state index contributed by atoms with van der Waals surface area (Å²) in [6, 6.07) is 16.0. The van der Waals surface area contributed by atoms with Crippen molar-refractivity contribution in [2.45, 2.75) is 13.8 Å². The lowest BCUT2D eigenvalue weighted by molar-refractivity contribution is 1.32. The van der Waals surface area contributed by atoms with E-state index in [0.29, 0.717) is 0 Å². The molecule has 0 spiro atoms. The van der Waals surface area contributed by atoms with Gasteiger partial charge in [0.05, 0.1) is 5.52 Å². The fraction of sp³-hybridized carbons (Fsp3) is 0.118. The summed E-state index contributed by atoms with van der Waals surface area (Å²) >= 11 is 6.15. The summed E-state index contributed by atoms with van der Waals surface area (Å²) in [5, 5.41) is 5.29. The monoisotopic (exact) mass is 318 g/mol. The molecule has 1 aromatic heterocycles. The average Bonchev–Trinajstić information content (AvgIpc) is 2.44. The predicted octanol–water partition coefficient (Wildman–Crippen LogP) is 5.67. The number of benzene rings is 2. The Balaban J connectivity index is 0.00000161. The van der Waals surface area contributed by atoms with Gasteiger partial charge in [-0.15, -0.1) is 12.4 Å². The molecule has 0 amide bonds. The number of fused-ring (bicyclic) bond motifs is 1. The van der Waals surface area contributed by atoms with E-state index in [0.717, 1.165) is 27.6 Å². The highest BCUT2D eigenvalue weighted by Gasteiger charge is 2.05. The van der Waals surface area contributed by atoms with Crippen LogP contribution in [0.2, 0.25) is 5.02 Å². The van der Waals surface area contributed by atoms with Gasteiger partial charge in [0.2, 0.25) is 0 Å². The molecule has 0 radical (unpaired) electrons. The van der Waals surface area contributed by atoms with Crippen molar-refractivity contribution in [3.8, 4) is 0 Å². The summed E-state index contributed by atoms with van der Waals surface area (Å²) in [4.78, 5) is 4.65. The molecular weight excluding hydrogens is 303 g/mol. The molecule has 4 heteroatoms. The molecule has 0 bridgehead atoms. The maximum absolute atomic E-state index is 6.15. The predicted molar refractivity (Wildman–Crippen MR) is 93.2 cm³/mol. The Hall–Kier alpha value is -1.77. The summed E-state index contributed by atoms with van der Waals surface area (Å²) < 4.78 is 0. The van der Waals surface area contributed by atoms with Gasteiger partial charge >= 0.3 is 0 Å². The van der Waals surface area contributed by atoms with Crippen LogP contribution in [0.25, 0.3) is 10.9 Å². The summed E-state index contributed by atoms with van der Waals surface area (Å²) in [5.41, 5.74) is 4.22. The van der Waals surface area contributed by atoms with Crippen molar-refractivity contribution in [3.63, 3.8) is 0 Å². The molecule has 0 saturated carbocycles. The van der Waals surface area contributed by atoms with Gasteiger partial charge in [0.1, 0.15) is 5.82 Å². The molecule has 2 nitrogen and oxygen atoms in total. The molecule has 0 atom stereocenters.